The van der Waals surface area contributed by atoms with Crippen LogP contribution in [-0.2, 0) is 4.74 Å². The standard InChI is InChI=1S/C15H24ClN5O2/c1-10-11(17)12(19-13(16)18-10)20-6-5-7-21(9-8-20)14(22)23-15(2,3)4/h5-9,17H2,1-4H3. The molecule has 1 aromatic rings. The third-order valence-electron chi connectivity index (χ3n) is 3.54. The molecule has 2 N–H and O–H groups in total. The number of aryl methyl sites for hydroxylation is 1. The van der Waals surface area contributed by atoms with Gasteiger partial charge in [0.05, 0.1) is 11.4 Å². The Kier molecular flexibility index (Phi) is 5.19. The first-order chi connectivity index (χ1) is 10.7. The Hall–Kier alpha value is -1.76. The molecule has 0 atom stereocenters. The van der Waals surface area contributed by atoms with Gasteiger partial charge in [0.25, 0.3) is 0 Å². The first kappa shape index (κ1) is 17.6. The minimum atomic E-state index is -0.495. The largest absolute Gasteiger partial charge is 0.444 e. The summed E-state index contributed by atoms with van der Waals surface area (Å²) in [6.45, 7) is 9.95. The van der Waals surface area contributed by atoms with E-state index in [9.17, 15) is 4.79 Å². The average molecular weight is 342 g/mol. The third kappa shape index (κ3) is 4.60. The van der Waals surface area contributed by atoms with Crippen LogP contribution in [0.1, 0.15) is 32.9 Å². The number of aromatic nitrogens is 2. The Morgan fingerprint density at radius 2 is 1.91 bits per heavy atom. The van der Waals surface area contributed by atoms with Gasteiger partial charge in [0, 0.05) is 26.2 Å². The van der Waals surface area contributed by atoms with Crippen molar-refractivity contribution in [3.8, 4) is 0 Å². The number of hydrogen-bond acceptors (Lipinski definition) is 6. The van der Waals surface area contributed by atoms with E-state index >= 15 is 0 Å². The Morgan fingerprint density at radius 1 is 1.22 bits per heavy atom. The number of hydrogen-bond donors (Lipinski definition) is 1. The molecule has 0 aromatic carbocycles. The molecule has 23 heavy (non-hydrogen) atoms. The zero-order chi connectivity index (χ0) is 17.2. The normalized spacial score (nSPS) is 16.2. The summed E-state index contributed by atoms with van der Waals surface area (Å²) in [6, 6.07) is 0. The molecular weight excluding hydrogens is 318 g/mol. The molecule has 0 spiro atoms. The molecule has 0 unspecified atom stereocenters. The van der Waals surface area contributed by atoms with E-state index in [2.05, 4.69) is 9.97 Å². The van der Waals surface area contributed by atoms with Crippen LogP contribution in [0.25, 0.3) is 0 Å². The second kappa shape index (κ2) is 6.78. The van der Waals surface area contributed by atoms with E-state index in [0.717, 1.165) is 13.0 Å². The van der Waals surface area contributed by atoms with Crippen molar-refractivity contribution >= 4 is 29.2 Å². The molecule has 0 saturated carbocycles. The number of nitrogens with zero attached hydrogens (tertiary/aromatic N) is 4. The van der Waals surface area contributed by atoms with Crippen LogP contribution in [-0.4, -0.2) is 52.7 Å². The Balaban J connectivity index is 2.09. The summed E-state index contributed by atoms with van der Waals surface area (Å²) in [5.74, 6) is 0.633. The van der Waals surface area contributed by atoms with Gasteiger partial charge in [-0.25, -0.2) is 9.78 Å². The number of nitrogen functional groups attached to an aromatic ring is 1. The molecule has 2 rings (SSSR count). The number of ether oxygens (including phenoxy) is 1. The van der Waals surface area contributed by atoms with Gasteiger partial charge in [0.15, 0.2) is 5.82 Å². The maximum absolute atomic E-state index is 12.2. The number of carbonyl (C=O) groups is 1. The molecule has 2 heterocycles. The molecule has 0 radical (unpaired) electrons. The minimum Gasteiger partial charge on any atom is -0.444 e. The summed E-state index contributed by atoms with van der Waals surface area (Å²) >= 11 is 5.94. The van der Waals surface area contributed by atoms with Crippen LogP contribution in [0.15, 0.2) is 0 Å². The highest BCUT2D eigenvalue weighted by atomic mass is 35.5. The molecule has 1 aliphatic rings. The van der Waals surface area contributed by atoms with Gasteiger partial charge in [-0.1, -0.05) is 0 Å². The molecule has 1 fully saturated rings. The van der Waals surface area contributed by atoms with E-state index in [1.807, 2.05) is 25.7 Å². The minimum absolute atomic E-state index is 0.181. The molecule has 0 bridgehead atoms. The summed E-state index contributed by atoms with van der Waals surface area (Å²) in [5.41, 5.74) is 6.77. The summed E-state index contributed by atoms with van der Waals surface area (Å²) < 4.78 is 5.43. The molecular formula is C15H24ClN5O2. The van der Waals surface area contributed by atoms with Gasteiger partial charge in [-0.2, -0.15) is 4.98 Å². The van der Waals surface area contributed by atoms with Gasteiger partial charge < -0.3 is 20.3 Å². The van der Waals surface area contributed by atoms with Crippen molar-refractivity contribution in [2.24, 2.45) is 0 Å². The van der Waals surface area contributed by atoms with Crippen LogP contribution in [0.3, 0.4) is 0 Å². The molecule has 1 saturated heterocycles. The van der Waals surface area contributed by atoms with Crippen molar-refractivity contribution in [2.45, 2.75) is 39.7 Å². The Morgan fingerprint density at radius 3 is 2.57 bits per heavy atom. The van der Waals surface area contributed by atoms with Crippen LogP contribution >= 0.6 is 11.6 Å². The number of amides is 1. The van der Waals surface area contributed by atoms with Gasteiger partial charge in [-0.3, -0.25) is 0 Å². The van der Waals surface area contributed by atoms with E-state index < -0.39 is 5.60 Å². The quantitative estimate of drug-likeness (QED) is 0.790. The predicted molar refractivity (Wildman–Crippen MR) is 90.8 cm³/mol. The van der Waals surface area contributed by atoms with E-state index in [-0.39, 0.29) is 11.4 Å². The van der Waals surface area contributed by atoms with E-state index in [4.69, 9.17) is 22.1 Å². The molecule has 1 aromatic heterocycles. The fourth-order valence-corrected chi connectivity index (χ4v) is 2.62. The fraction of sp³-hybridized carbons (Fsp3) is 0.667. The highest BCUT2D eigenvalue weighted by Gasteiger charge is 2.25. The second-order valence-electron chi connectivity index (χ2n) is 6.62. The van der Waals surface area contributed by atoms with E-state index in [1.54, 1.807) is 11.8 Å². The van der Waals surface area contributed by atoms with Crippen molar-refractivity contribution in [1.82, 2.24) is 14.9 Å². The topological polar surface area (TPSA) is 84.6 Å². The lowest BCUT2D eigenvalue weighted by atomic mass is 10.2. The molecule has 0 aliphatic carbocycles. The number of halogens is 1. The summed E-state index contributed by atoms with van der Waals surface area (Å²) in [7, 11) is 0. The van der Waals surface area contributed by atoms with Crippen LogP contribution in [0.4, 0.5) is 16.3 Å². The lowest BCUT2D eigenvalue weighted by Gasteiger charge is -2.27. The fourth-order valence-electron chi connectivity index (χ4n) is 2.41. The molecule has 1 aliphatic heterocycles. The van der Waals surface area contributed by atoms with Crippen molar-refractivity contribution in [1.29, 1.82) is 0 Å². The van der Waals surface area contributed by atoms with Gasteiger partial charge in [0.2, 0.25) is 5.28 Å². The van der Waals surface area contributed by atoms with Gasteiger partial charge in [-0.15, -0.1) is 0 Å². The predicted octanol–water partition coefficient (Wildman–Crippen LogP) is 2.47. The molecule has 7 nitrogen and oxygen atoms in total. The van der Waals surface area contributed by atoms with Crippen LogP contribution < -0.4 is 10.6 Å². The summed E-state index contributed by atoms with van der Waals surface area (Å²) in [4.78, 5) is 24.3. The maximum atomic E-state index is 12.2. The first-order valence-corrected chi connectivity index (χ1v) is 8.07. The maximum Gasteiger partial charge on any atom is 0.410 e. The lowest BCUT2D eigenvalue weighted by Crippen LogP contribution is -2.39. The van der Waals surface area contributed by atoms with E-state index in [0.29, 0.717) is 36.8 Å². The van der Waals surface area contributed by atoms with Gasteiger partial charge in [-0.05, 0) is 45.7 Å². The van der Waals surface area contributed by atoms with Crippen LogP contribution in [0.5, 0.6) is 0 Å². The van der Waals surface area contributed by atoms with Crippen molar-refractivity contribution in [3.05, 3.63) is 11.0 Å². The van der Waals surface area contributed by atoms with Crippen molar-refractivity contribution in [2.75, 3.05) is 36.8 Å². The van der Waals surface area contributed by atoms with Crippen molar-refractivity contribution < 1.29 is 9.53 Å². The summed E-state index contributed by atoms with van der Waals surface area (Å²) in [5, 5.41) is 0.181. The third-order valence-corrected chi connectivity index (χ3v) is 3.70. The zero-order valence-electron chi connectivity index (χ0n) is 14.1. The Labute approximate surface area is 141 Å². The SMILES string of the molecule is Cc1nc(Cl)nc(N2CCCN(C(=O)OC(C)(C)C)CC2)c1N. The molecule has 8 heteroatoms. The molecule has 128 valence electrons. The summed E-state index contributed by atoms with van der Waals surface area (Å²) in [6.07, 6.45) is 0.517. The lowest BCUT2D eigenvalue weighted by molar-refractivity contribution is 0.0263. The highest BCUT2D eigenvalue weighted by Crippen LogP contribution is 2.25. The number of carbonyl (C=O) groups excluding carboxylic acids is 1. The van der Waals surface area contributed by atoms with Crippen LogP contribution in [0.2, 0.25) is 5.28 Å². The number of anilines is 2. The highest BCUT2D eigenvalue weighted by molar-refractivity contribution is 6.28. The van der Waals surface area contributed by atoms with Crippen LogP contribution in [0, 0.1) is 6.92 Å². The first-order valence-electron chi connectivity index (χ1n) is 7.70. The van der Waals surface area contributed by atoms with E-state index in [1.165, 1.54) is 0 Å². The van der Waals surface area contributed by atoms with Gasteiger partial charge in [0.1, 0.15) is 5.60 Å². The zero-order valence-corrected chi connectivity index (χ0v) is 14.9. The second-order valence-corrected chi connectivity index (χ2v) is 6.96. The van der Waals surface area contributed by atoms with Gasteiger partial charge >= 0.3 is 6.09 Å². The average Bonchev–Trinajstić information content (AvgIpc) is 2.66. The number of rotatable bonds is 1. The molecule has 1 amide bonds. The smallest absolute Gasteiger partial charge is 0.410 e. The van der Waals surface area contributed by atoms with Crippen molar-refractivity contribution in [3.63, 3.8) is 0 Å². The Bertz CT molecular complexity index is 588. The monoisotopic (exact) mass is 341 g/mol. The number of nitrogens with two attached hydrogens (primary N) is 1.